The van der Waals surface area contributed by atoms with Crippen LogP contribution >= 0.6 is 23.1 Å². The van der Waals surface area contributed by atoms with Gasteiger partial charge in [0.15, 0.2) is 0 Å². The van der Waals surface area contributed by atoms with E-state index >= 15 is 0 Å². The largest absolute Gasteiger partial charge is 0.316 e. The van der Waals surface area contributed by atoms with Crippen LogP contribution in [0, 0.1) is 18.3 Å². The highest BCUT2D eigenvalue weighted by Gasteiger charge is 2.37. The molecule has 1 aromatic heterocycles. The number of hydrogen-bond acceptors (Lipinski definition) is 4. The van der Waals surface area contributed by atoms with E-state index in [4.69, 9.17) is 0 Å². The third-order valence-corrected chi connectivity index (χ3v) is 7.47. The van der Waals surface area contributed by atoms with Gasteiger partial charge in [-0.05, 0) is 44.6 Å². The van der Waals surface area contributed by atoms with Gasteiger partial charge in [0.05, 0.1) is 0 Å². The highest BCUT2D eigenvalue weighted by atomic mass is 32.2. The van der Waals surface area contributed by atoms with Crippen molar-refractivity contribution in [1.29, 1.82) is 0 Å². The molecule has 2 rings (SSSR count). The average molecular weight is 313 g/mol. The summed E-state index contributed by atoms with van der Waals surface area (Å²) in [6, 6.07) is 0.633. The van der Waals surface area contributed by atoms with Crippen LogP contribution in [0.3, 0.4) is 0 Å². The summed E-state index contributed by atoms with van der Waals surface area (Å²) in [6.45, 7) is 9.29. The molecule has 1 N–H and O–H groups in total. The van der Waals surface area contributed by atoms with Gasteiger partial charge in [-0.1, -0.05) is 39.0 Å². The molecule has 0 spiro atoms. The zero-order chi connectivity index (χ0) is 14.8. The van der Waals surface area contributed by atoms with E-state index in [0.29, 0.717) is 16.7 Å². The Bertz CT molecular complexity index is 428. The van der Waals surface area contributed by atoms with Gasteiger partial charge < -0.3 is 5.32 Å². The molecule has 1 saturated carbocycles. The van der Waals surface area contributed by atoms with Crippen LogP contribution in [-0.4, -0.2) is 23.3 Å². The Hall–Kier alpha value is -0.0600. The zero-order valence-corrected chi connectivity index (χ0v) is 15.0. The molecule has 1 fully saturated rings. The lowest BCUT2D eigenvalue weighted by Crippen LogP contribution is -2.43. The molecule has 2 nitrogen and oxygen atoms in total. The van der Waals surface area contributed by atoms with Gasteiger partial charge in [0.2, 0.25) is 0 Å². The fourth-order valence-electron chi connectivity index (χ4n) is 3.10. The number of aromatic nitrogens is 1. The van der Waals surface area contributed by atoms with Gasteiger partial charge in [-0.25, -0.2) is 4.98 Å². The number of thiazole rings is 1. The van der Waals surface area contributed by atoms with Crippen LogP contribution in [-0.2, 0) is 0 Å². The SMILES string of the molecule is CCC(C)(C)C1CCC(NC)C(Sc2nc(C)cs2)C1. The molecule has 0 amide bonds. The molecule has 3 atom stereocenters. The van der Waals surface area contributed by atoms with Crippen molar-refractivity contribution in [3.05, 3.63) is 11.1 Å². The fraction of sp³-hybridized carbons (Fsp3) is 0.812. The average Bonchev–Trinajstić information content (AvgIpc) is 2.84. The Morgan fingerprint density at radius 1 is 1.45 bits per heavy atom. The quantitative estimate of drug-likeness (QED) is 0.850. The molecule has 0 aromatic carbocycles. The Morgan fingerprint density at radius 3 is 2.75 bits per heavy atom. The Labute approximate surface area is 132 Å². The van der Waals surface area contributed by atoms with Gasteiger partial charge in [0.25, 0.3) is 0 Å². The molecule has 0 saturated heterocycles. The minimum atomic E-state index is 0.469. The van der Waals surface area contributed by atoms with Crippen molar-refractivity contribution in [1.82, 2.24) is 10.3 Å². The topological polar surface area (TPSA) is 24.9 Å². The molecule has 1 heterocycles. The Morgan fingerprint density at radius 2 is 2.20 bits per heavy atom. The summed E-state index contributed by atoms with van der Waals surface area (Å²) in [4.78, 5) is 4.63. The first-order valence-corrected chi connectivity index (χ1v) is 9.48. The molecule has 0 aliphatic heterocycles. The molecular weight excluding hydrogens is 284 g/mol. The standard InChI is InChI=1S/C16H28N2S2/c1-6-16(3,4)12-7-8-13(17-5)14(9-12)20-15-18-11(2)10-19-15/h10,12-14,17H,6-9H2,1-5H3. The van der Waals surface area contributed by atoms with Crippen molar-refractivity contribution in [2.45, 2.75) is 69.0 Å². The van der Waals surface area contributed by atoms with E-state index in [-0.39, 0.29) is 0 Å². The normalized spacial score (nSPS) is 27.8. The van der Waals surface area contributed by atoms with Crippen LogP contribution in [0.2, 0.25) is 0 Å². The second-order valence-corrected chi connectivity index (χ2v) is 9.00. The van der Waals surface area contributed by atoms with Gasteiger partial charge >= 0.3 is 0 Å². The lowest BCUT2D eigenvalue weighted by molar-refractivity contribution is 0.142. The van der Waals surface area contributed by atoms with Crippen molar-refractivity contribution < 1.29 is 0 Å². The van der Waals surface area contributed by atoms with E-state index in [1.807, 2.05) is 11.8 Å². The van der Waals surface area contributed by atoms with Crippen LogP contribution in [0.1, 0.15) is 52.1 Å². The molecule has 0 bridgehead atoms. The molecule has 4 heteroatoms. The summed E-state index contributed by atoms with van der Waals surface area (Å²) >= 11 is 3.79. The maximum atomic E-state index is 4.63. The number of aryl methyl sites for hydroxylation is 1. The number of thioether (sulfide) groups is 1. The zero-order valence-electron chi connectivity index (χ0n) is 13.4. The van der Waals surface area contributed by atoms with E-state index in [1.54, 1.807) is 11.3 Å². The monoisotopic (exact) mass is 312 g/mol. The summed E-state index contributed by atoms with van der Waals surface area (Å²) in [5.41, 5.74) is 1.62. The second-order valence-electron chi connectivity index (χ2n) is 6.66. The Kier molecular flexibility index (Phi) is 5.55. The number of nitrogens with zero attached hydrogens (tertiary/aromatic N) is 1. The van der Waals surface area contributed by atoms with Crippen LogP contribution in [0.4, 0.5) is 0 Å². The molecule has 20 heavy (non-hydrogen) atoms. The van der Waals surface area contributed by atoms with Gasteiger partial charge in [0, 0.05) is 22.4 Å². The lowest BCUT2D eigenvalue weighted by atomic mass is 9.68. The molecule has 1 aliphatic rings. The molecular formula is C16H28N2S2. The van der Waals surface area contributed by atoms with E-state index in [0.717, 1.165) is 11.6 Å². The molecule has 114 valence electrons. The van der Waals surface area contributed by atoms with Crippen molar-refractivity contribution in [3.8, 4) is 0 Å². The number of hydrogen-bond donors (Lipinski definition) is 1. The van der Waals surface area contributed by atoms with E-state index < -0.39 is 0 Å². The molecule has 1 aliphatic carbocycles. The van der Waals surface area contributed by atoms with Crippen LogP contribution in [0.25, 0.3) is 0 Å². The summed E-state index contributed by atoms with van der Waals surface area (Å²) < 4.78 is 1.24. The molecule has 1 aromatic rings. The summed E-state index contributed by atoms with van der Waals surface area (Å²) in [5, 5.41) is 6.35. The minimum Gasteiger partial charge on any atom is -0.316 e. The van der Waals surface area contributed by atoms with Gasteiger partial charge in [-0.3, -0.25) is 0 Å². The van der Waals surface area contributed by atoms with E-state index in [9.17, 15) is 0 Å². The predicted octanol–water partition coefficient (Wildman–Crippen LogP) is 4.74. The lowest BCUT2D eigenvalue weighted by Gasteiger charge is -2.42. The van der Waals surface area contributed by atoms with Crippen LogP contribution < -0.4 is 5.32 Å². The van der Waals surface area contributed by atoms with Crippen molar-refractivity contribution in [2.75, 3.05) is 7.05 Å². The fourth-order valence-corrected chi connectivity index (χ4v) is 5.58. The van der Waals surface area contributed by atoms with Gasteiger partial charge in [0.1, 0.15) is 4.34 Å². The first-order chi connectivity index (χ1) is 9.46. The summed E-state index contributed by atoms with van der Waals surface area (Å²) in [6.07, 6.45) is 5.25. The van der Waals surface area contributed by atoms with Crippen molar-refractivity contribution in [2.24, 2.45) is 11.3 Å². The van der Waals surface area contributed by atoms with E-state index in [1.165, 1.54) is 30.0 Å². The maximum absolute atomic E-state index is 4.63. The second kappa shape index (κ2) is 6.80. The van der Waals surface area contributed by atoms with Crippen molar-refractivity contribution >= 4 is 23.1 Å². The highest BCUT2D eigenvalue weighted by Crippen LogP contribution is 2.45. The number of nitrogens with one attached hydrogen (secondary N) is 1. The van der Waals surface area contributed by atoms with Gasteiger partial charge in [-0.2, -0.15) is 0 Å². The number of rotatable bonds is 5. The van der Waals surface area contributed by atoms with E-state index in [2.05, 4.69) is 50.4 Å². The predicted molar refractivity (Wildman–Crippen MR) is 90.8 cm³/mol. The third kappa shape index (κ3) is 3.77. The highest BCUT2D eigenvalue weighted by molar-refractivity contribution is 8.01. The smallest absolute Gasteiger partial charge is 0.150 e. The molecule has 0 radical (unpaired) electrons. The first-order valence-electron chi connectivity index (χ1n) is 7.72. The summed E-state index contributed by atoms with van der Waals surface area (Å²) in [7, 11) is 2.11. The van der Waals surface area contributed by atoms with Crippen molar-refractivity contribution in [3.63, 3.8) is 0 Å². The Balaban J connectivity index is 2.06. The minimum absolute atomic E-state index is 0.469. The van der Waals surface area contributed by atoms with Crippen LogP contribution in [0.15, 0.2) is 9.72 Å². The first kappa shape index (κ1) is 16.3. The van der Waals surface area contributed by atoms with Gasteiger partial charge in [-0.15, -0.1) is 11.3 Å². The van der Waals surface area contributed by atoms with Crippen LogP contribution in [0.5, 0.6) is 0 Å². The third-order valence-electron chi connectivity index (χ3n) is 5.03. The maximum Gasteiger partial charge on any atom is 0.150 e. The summed E-state index contributed by atoms with van der Waals surface area (Å²) in [5.74, 6) is 0.843. The molecule has 3 unspecified atom stereocenters.